The summed E-state index contributed by atoms with van der Waals surface area (Å²) in [5.41, 5.74) is 0.810. The minimum absolute atomic E-state index is 0.0808. The van der Waals surface area contributed by atoms with Crippen molar-refractivity contribution in [1.29, 1.82) is 0 Å². The highest BCUT2D eigenvalue weighted by atomic mass is 19.1. The summed E-state index contributed by atoms with van der Waals surface area (Å²) < 4.78 is 18.5. The summed E-state index contributed by atoms with van der Waals surface area (Å²) in [5.74, 6) is 0.0569. The Morgan fingerprint density at radius 1 is 0.952 bits per heavy atom. The Morgan fingerprint density at radius 3 is 2.57 bits per heavy atom. The van der Waals surface area contributed by atoms with E-state index in [1.165, 1.54) is 12.1 Å². The van der Waals surface area contributed by atoms with Crippen LogP contribution in [0.4, 0.5) is 4.39 Å². The van der Waals surface area contributed by atoms with E-state index in [0.717, 1.165) is 16.3 Å². The Kier molecular flexibility index (Phi) is 3.84. The van der Waals surface area contributed by atoms with Crippen LogP contribution in [0.3, 0.4) is 0 Å². The van der Waals surface area contributed by atoms with Gasteiger partial charge in [0.1, 0.15) is 24.3 Å². The number of fused-ring (bicyclic) bond motifs is 1. The van der Waals surface area contributed by atoms with E-state index in [1.807, 2.05) is 42.5 Å². The lowest BCUT2D eigenvalue weighted by Gasteiger charge is -2.15. The van der Waals surface area contributed by atoms with Gasteiger partial charge in [0, 0.05) is 6.07 Å². The van der Waals surface area contributed by atoms with E-state index >= 15 is 0 Å². The van der Waals surface area contributed by atoms with E-state index in [9.17, 15) is 9.50 Å². The lowest BCUT2D eigenvalue weighted by molar-refractivity contribution is 0.109. The van der Waals surface area contributed by atoms with Gasteiger partial charge in [0.05, 0.1) is 0 Å². The Bertz CT molecular complexity index is 750. The number of ether oxygens (including phenoxy) is 1. The van der Waals surface area contributed by atoms with Crippen molar-refractivity contribution in [3.63, 3.8) is 0 Å². The first-order valence-corrected chi connectivity index (χ1v) is 6.78. The van der Waals surface area contributed by atoms with E-state index in [4.69, 9.17) is 4.74 Å². The number of hydrogen-bond acceptors (Lipinski definition) is 2. The van der Waals surface area contributed by atoms with Crippen LogP contribution in [-0.2, 0) is 0 Å². The van der Waals surface area contributed by atoms with Crippen molar-refractivity contribution in [2.24, 2.45) is 0 Å². The summed E-state index contributed by atoms with van der Waals surface area (Å²) in [6.45, 7) is 0.0808. The first-order valence-electron chi connectivity index (χ1n) is 6.78. The molecule has 21 heavy (non-hydrogen) atoms. The standard InChI is InChI=1S/C18H15FO2/c19-14-7-4-8-15(11-14)21-12-18(20)17-10-3-6-13-5-1-2-9-16(13)17/h1-11,18,20H,12H2. The molecule has 0 aliphatic heterocycles. The molecule has 0 heterocycles. The average Bonchev–Trinajstić information content (AvgIpc) is 2.52. The van der Waals surface area contributed by atoms with Crippen LogP contribution >= 0.6 is 0 Å². The predicted octanol–water partition coefficient (Wildman–Crippen LogP) is 4.09. The molecule has 1 atom stereocenters. The largest absolute Gasteiger partial charge is 0.490 e. The molecule has 0 saturated heterocycles. The number of aliphatic hydroxyl groups is 1. The molecule has 3 rings (SSSR count). The van der Waals surface area contributed by atoms with Crippen LogP contribution in [0.5, 0.6) is 5.75 Å². The Morgan fingerprint density at radius 2 is 1.71 bits per heavy atom. The molecule has 1 unspecified atom stereocenters. The molecule has 0 saturated carbocycles. The number of halogens is 1. The molecule has 0 aliphatic rings. The van der Waals surface area contributed by atoms with Crippen LogP contribution in [0, 0.1) is 5.82 Å². The molecule has 0 aromatic heterocycles. The van der Waals surface area contributed by atoms with Gasteiger partial charge in [-0.25, -0.2) is 4.39 Å². The lowest BCUT2D eigenvalue weighted by Crippen LogP contribution is -2.10. The maximum atomic E-state index is 13.1. The van der Waals surface area contributed by atoms with Gasteiger partial charge < -0.3 is 9.84 Å². The highest BCUT2D eigenvalue weighted by Gasteiger charge is 2.12. The van der Waals surface area contributed by atoms with Gasteiger partial charge in [-0.2, -0.15) is 0 Å². The summed E-state index contributed by atoms with van der Waals surface area (Å²) >= 11 is 0. The van der Waals surface area contributed by atoms with E-state index in [0.29, 0.717) is 5.75 Å². The van der Waals surface area contributed by atoms with Gasteiger partial charge in [-0.3, -0.25) is 0 Å². The fourth-order valence-corrected chi connectivity index (χ4v) is 2.36. The lowest BCUT2D eigenvalue weighted by atomic mass is 10.0. The zero-order chi connectivity index (χ0) is 14.7. The third-order valence-electron chi connectivity index (χ3n) is 3.39. The molecule has 0 fully saturated rings. The van der Waals surface area contributed by atoms with Crippen molar-refractivity contribution in [3.05, 3.63) is 78.1 Å². The molecular formula is C18H15FO2. The molecule has 1 N–H and O–H groups in total. The van der Waals surface area contributed by atoms with Crippen molar-refractivity contribution >= 4 is 10.8 Å². The number of rotatable bonds is 4. The topological polar surface area (TPSA) is 29.5 Å². The van der Waals surface area contributed by atoms with Gasteiger partial charge >= 0.3 is 0 Å². The first-order chi connectivity index (χ1) is 10.2. The van der Waals surface area contributed by atoms with Crippen LogP contribution in [0.2, 0.25) is 0 Å². The molecule has 3 aromatic carbocycles. The Hall–Kier alpha value is -2.39. The van der Waals surface area contributed by atoms with Gasteiger partial charge in [0.2, 0.25) is 0 Å². The van der Waals surface area contributed by atoms with Crippen molar-refractivity contribution in [2.45, 2.75) is 6.10 Å². The van der Waals surface area contributed by atoms with Crippen molar-refractivity contribution < 1.29 is 14.2 Å². The van der Waals surface area contributed by atoms with Gasteiger partial charge in [0.25, 0.3) is 0 Å². The molecule has 0 amide bonds. The molecule has 0 bridgehead atoms. The van der Waals surface area contributed by atoms with E-state index < -0.39 is 6.10 Å². The fraction of sp³-hybridized carbons (Fsp3) is 0.111. The number of hydrogen-bond donors (Lipinski definition) is 1. The van der Waals surface area contributed by atoms with Crippen molar-refractivity contribution in [1.82, 2.24) is 0 Å². The summed E-state index contributed by atoms with van der Waals surface area (Å²) in [6, 6.07) is 19.5. The predicted molar refractivity (Wildman–Crippen MR) is 80.8 cm³/mol. The van der Waals surface area contributed by atoms with Gasteiger partial charge in [0.15, 0.2) is 0 Å². The van der Waals surface area contributed by atoms with Gasteiger partial charge in [-0.15, -0.1) is 0 Å². The van der Waals surface area contributed by atoms with Crippen LogP contribution in [-0.4, -0.2) is 11.7 Å². The quantitative estimate of drug-likeness (QED) is 0.781. The number of benzene rings is 3. The van der Waals surface area contributed by atoms with Crippen LogP contribution in [0.15, 0.2) is 66.7 Å². The SMILES string of the molecule is OC(COc1cccc(F)c1)c1cccc2ccccc12. The summed E-state index contributed by atoms with van der Waals surface area (Å²) in [5, 5.41) is 12.4. The zero-order valence-electron chi connectivity index (χ0n) is 11.4. The van der Waals surface area contributed by atoms with Crippen LogP contribution in [0.25, 0.3) is 10.8 Å². The summed E-state index contributed by atoms with van der Waals surface area (Å²) in [6.07, 6.45) is -0.764. The van der Waals surface area contributed by atoms with Crippen LogP contribution < -0.4 is 4.74 Å². The van der Waals surface area contributed by atoms with Crippen LogP contribution in [0.1, 0.15) is 11.7 Å². The second kappa shape index (κ2) is 5.94. The monoisotopic (exact) mass is 282 g/mol. The third kappa shape index (κ3) is 3.03. The molecule has 2 nitrogen and oxygen atoms in total. The molecule has 106 valence electrons. The van der Waals surface area contributed by atoms with Gasteiger partial charge in [-0.1, -0.05) is 48.5 Å². The molecule has 0 aliphatic carbocycles. The smallest absolute Gasteiger partial charge is 0.126 e. The maximum Gasteiger partial charge on any atom is 0.126 e. The van der Waals surface area contributed by atoms with E-state index in [1.54, 1.807) is 12.1 Å². The summed E-state index contributed by atoms with van der Waals surface area (Å²) in [7, 11) is 0. The average molecular weight is 282 g/mol. The van der Waals surface area contributed by atoms with Crippen molar-refractivity contribution in [2.75, 3.05) is 6.61 Å². The minimum Gasteiger partial charge on any atom is -0.490 e. The molecule has 0 radical (unpaired) electrons. The highest BCUT2D eigenvalue weighted by molar-refractivity contribution is 5.85. The first kappa shape index (κ1) is 13.6. The molecule has 0 spiro atoms. The Balaban J connectivity index is 1.79. The third-order valence-corrected chi connectivity index (χ3v) is 3.39. The van der Waals surface area contributed by atoms with Crippen molar-refractivity contribution in [3.8, 4) is 5.75 Å². The van der Waals surface area contributed by atoms with E-state index in [-0.39, 0.29) is 12.4 Å². The Labute approximate surface area is 122 Å². The summed E-state index contributed by atoms with van der Waals surface area (Å²) in [4.78, 5) is 0. The second-order valence-corrected chi connectivity index (χ2v) is 4.85. The van der Waals surface area contributed by atoms with E-state index in [2.05, 4.69) is 0 Å². The normalized spacial score (nSPS) is 12.3. The molecule has 3 heteroatoms. The van der Waals surface area contributed by atoms with Gasteiger partial charge in [-0.05, 0) is 28.5 Å². The molecular weight excluding hydrogens is 267 g/mol. The second-order valence-electron chi connectivity index (χ2n) is 4.85. The maximum absolute atomic E-state index is 13.1. The molecule has 3 aromatic rings. The fourth-order valence-electron chi connectivity index (χ4n) is 2.36. The number of aliphatic hydroxyl groups excluding tert-OH is 1. The minimum atomic E-state index is -0.764. The highest BCUT2D eigenvalue weighted by Crippen LogP contribution is 2.25. The zero-order valence-corrected chi connectivity index (χ0v) is 11.4.